The lowest BCUT2D eigenvalue weighted by Crippen LogP contribution is -2.56. The number of aryl methyl sites for hydroxylation is 1. The lowest BCUT2D eigenvalue weighted by Gasteiger charge is -2.25. The predicted molar refractivity (Wildman–Crippen MR) is 151 cm³/mol. The maximum absolute atomic E-state index is 12.9. The third-order valence-corrected chi connectivity index (χ3v) is 6.46. The fraction of sp³-hybridized carbons (Fsp3) is 0.593. The Morgan fingerprint density at radius 1 is 0.950 bits per heavy atom. The van der Waals surface area contributed by atoms with Crippen LogP contribution in [-0.4, -0.2) is 84.6 Å². The fourth-order valence-corrected chi connectivity index (χ4v) is 4.26. The lowest BCUT2D eigenvalue weighted by atomic mass is 10.0. The molecular formula is C27H42N4O8S. The van der Waals surface area contributed by atoms with E-state index in [0.29, 0.717) is 5.75 Å². The Balaban J connectivity index is 2.84. The van der Waals surface area contributed by atoms with Crippen LogP contribution in [0.2, 0.25) is 0 Å². The minimum Gasteiger partial charge on any atom is -0.467 e. The number of hydrogen-bond acceptors (Lipinski definition) is 9. The molecule has 12 nitrogen and oxygen atoms in total. The molecule has 0 aliphatic heterocycles. The van der Waals surface area contributed by atoms with Gasteiger partial charge in [-0.25, -0.2) is 9.59 Å². The van der Waals surface area contributed by atoms with Gasteiger partial charge in [-0.2, -0.15) is 11.8 Å². The molecule has 1 rings (SSSR count). The molecule has 0 fully saturated rings. The van der Waals surface area contributed by atoms with Crippen LogP contribution in [0.25, 0.3) is 0 Å². The molecule has 0 aliphatic carbocycles. The van der Waals surface area contributed by atoms with Crippen LogP contribution in [0.3, 0.4) is 0 Å². The summed E-state index contributed by atoms with van der Waals surface area (Å²) in [6, 6.07) is 4.51. The highest BCUT2D eigenvalue weighted by molar-refractivity contribution is 7.98. The number of alkyl carbamates (subject to hydrolysis) is 1. The number of nitrogens with one attached hydrogen (secondary N) is 4. The molecule has 1 aromatic carbocycles. The molecule has 0 aliphatic rings. The molecule has 4 amide bonds. The zero-order chi connectivity index (χ0) is 30.5. The number of benzene rings is 1. The molecule has 40 heavy (non-hydrogen) atoms. The molecule has 5 N–H and O–H groups in total. The van der Waals surface area contributed by atoms with Gasteiger partial charge < -0.3 is 35.8 Å². The SMILES string of the molecule is COC(=O)[C@H](CO)NC(=O)[C@H](CSCc1ccc(C)cc1)NC(=O)CNC(=O)[C@@H](NC(=O)OC(C)(C)C)C(C)C. The first kappa shape index (κ1) is 34.7. The largest absolute Gasteiger partial charge is 0.467 e. The van der Waals surface area contributed by atoms with Crippen molar-refractivity contribution in [3.8, 4) is 0 Å². The Kier molecular flexibility index (Phi) is 14.5. The number of esters is 1. The number of rotatable bonds is 14. The van der Waals surface area contributed by atoms with Gasteiger partial charge in [0.05, 0.1) is 20.3 Å². The number of carbonyl (C=O) groups excluding carboxylic acids is 5. The molecule has 0 radical (unpaired) electrons. The van der Waals surface area contributed by atoms with E-state index in [0.717, 1.165) is 18.2 Å². The summed E-state index contributed by atoms with van der Waals surface area (Å²) in [6.45, 7) is 9.36. The normalized spacial score (nSPS) is 13.4. The number of hydrogen-bond donors (Lipinski definition) is 5. The van der Waals surface area contributed by atoms with Crippen molar-refractivity contribution < 1.29 is 38.6 Å². The minimum absolute atomic E-state index is 0.146. The number of aliphatic hydroxyl groups is 1. The van der Waals surface area contributed by atoms with Crippen molar-refractivity contribution in [2.24, 2.45) is 5.92 Å². The third kappa shape index (κ3) is 13.2. The van der Waals surface area contributed by atoms with E-state index >= 15 is 0 Å². The van der Waals surface area contributed by atoms with E-state index in [1.807, 2.05) is 31.2 Å². The summed E-state index contributed by atoms with van der Waals surface area (Å²) >= 11 is 1.38. The zero-order valence-electron chi connectivity index (χ0n) is 24.2. The van der Waals surface area contributed by atoms with Gasteiger partial charge in [-0.05, 0) is 39.2 Å². The molecule has 0 heterocycles. The Bertz CT molecular complexity index is 1010. The smallest absolute Gasteiger partial charge is 0.408 e. The van der Waals surface area contributed by atoms with Crippen molar-refractivity contribution in [1.82, 2.24) is 21.3 Å². The maximum atomic E-state index is 12.9. The van der Waals surface area contributed by atoms with Crippen LogP contribution in [0.15, 0.2) is 24.3 Å². The zero-order valence-corrected chi connectivity index (χ0v) is 25.0. The van der Waals surface area contributed by atoms with Gasteiger partial charge in [0.2, 0.25) is 17.7 Å². The molecule has 0 aromatic heterocycles. The number of carbonyl (C=O) groups is 5. The average Bonchev–Trinajstić information content (AvgIpc) is 2.87. The van der Waals surface area contributed by atoms with E-state index < -0.39 is 66.7 Å². The van der Waals surface area contributed by atoms with E-state index in [2.05, 4.69) is 26.0 Å². The van der Waals surface area contributed by atoms with Crippen molar-refractivity contribution in [2.45, 2.75) is 71.0 Å². The number of methoxy groups -OCH3 is 1. The highest BCUT2D eigenvalue weighted by atomic mass is 32.2. The van der Waals surface area contributed by atoms with E-state index in [4.69, 9.17) is 4.74 Å². The van der Waals surface area contributed by atoms with Crippen LogP contribution in [0.4, 0.5) is 4.79 Å². The Morgan fingerprint density at radius 3 is 2.10 bits per heavy atom. The van der Waals surface area contributed by atoms with Crippen LogP contribution >= 0.6 is 11.8 Å². The fourth-order valence-electron chi connectivity index (χ4n) is 3.25. The second-order valence-corrected chi connectivity index (χ2v) is 11.5. The molecule has 13 heteroatoms. The van der Waals surface area contributed by atoms with Gasteiger partial charge in [0, 0.05) is 11.5 Å². The molecule has 3 atom stereocenters. The van der Waals surface area contributed by atoms with Crippen molar-refractivity contribution in [2.75, 3.05) is 26.0 Å². The van der Waals surface area contributed by atoms with Crippen molar-refractivity contribution in [1.29, 1.82) is 0 Å². The minimum atomic E-state index is -1.30. The first-order valence-corrected chi connectivity index (χ1v) is 14.0. The van der Waals surface area contributed by atoms with E-state index in [9.17, 15) is 29.1 Å². The summed E-state index contributed by atoms with van der Waals surface area (Å²) in [5, 5.41) is 19.4. The first-order valence-electron chi connectivity index (χ1n) is 12.9. The van der Waals surface area contributed by atoms with Gasteiger partial charge in [-0.3, -0.25) is 14.4 Å². The Morgan fingerprint density at radius 2 is 1.57 bits per heavy atom. The summed E-state index contributed by atoms with van der Waals surface area (Å²) in [4.78, 5) is 62.3. The van der Waals surface area contributed by atoms with Crippen LogP contribution < -0.4 is 21.3 Å². The number of thioether (sulfide) groups is 1. The van der Waals surface area contributed by atoms with Gasteiger partial charge in [-0.15, -0.1) is 0 Å². The van der Waals surface area contributed by atoms with Gasteiger partial charge in [-0.1, -0.05) is 43.7 Å². The van der Waals surface area contributed by atoms with Gasteiger partial charge in [0.1, 0.15) is 17.7 Å². The Labute approximate surface area is 239 Å². The van der Waals surface area contributed by atoms with E-state index in [1.165, 1.54) is 11.8 Å². The highest BCUT2D eigenvalue weighted by Gasteiger charge is 2.29. The lowest BCUT2D eigenvalue weighted by molar-refractivity contribution is -0.146. The molecule has 0 saturated heterocycles. The Hall–Kier alpha value is -3.32. The maximum Gasteiger partial charge on any atom is 0.408 e. The summed E-state index contributed by atoms with van der Waals surface area (Å²) in [6.07, 6.45) is -0.766. The molecule has 224 valence electrons. The quantitative estimate of drug-likeness (QED) is 0.201. The molecule has 0 spiro atoms. The summed E-state index contributed by atoms with van der Waals surface area (Å²) < 4.78 is 9.79. The molecule has 0 saturated carbocycles. The van der Waals surface area contributed by atoms with Crippen molar-refractivity contribution >= 4 is 41.5 Å². The summed E-state index contributed by atoms with van der Waals surface area (Å²) in [7, 11) is 1.12. The van der Waals surface area contributed by atoms with Gasteiger partial charge >= 0.3 is 12.1 Å². The second kappa shape index (κ2) is 16.7. The molecular weight excluding hydrogens is 540 g/mol. The van der Waals surface area contributed by atoms with Crippen molar-refractivity contribution in [3.63, 3.8) is 0 Å². The topological polar surface area (TPSA) is 172 Å². The number of ether oxygens (including phenoxy) is 2. The molecule has 0 bridgehead atoms. The van der Waals surface area contributed by atoms with E-state index in [-0.39, 0.29) is 11.7 Å². The molecule has 1 aromatic rings. The highest BCUT2D eigenvalue weighted by Crippen LogP contribution is 2.14. The molecule has 0 unspecified atom stereocenters. The van der Waals surface area contributed by atoms with Crippen LogP contribution in [0.5, 0.6) is 0 Å². The predicted octanol–water partition coefficient (Wildman–Crippen LogP) is 1.03. The monoisotopic (exact) mass is 582 g/mol. The van der Waals surface area contributed by atoms with E-state index in [1.54, 1.807) is 34.6 Å². The number of amides is 4. The average molecular weight is 583 g/mol. The van der Waals surface area contributed by atoms with Gasteiger partial charge in [0.25, 0.3) is 0 Å². The van der Waals surface area contributed by atoms with Gasteiger partial charge in [0.15, 0.2) is 6.04 Å². The summed E-state index contributed by atoms with van der Waals surface area (Å²) in [5.41, 5.74) is 1.38. The van der Waals surface area contributed by atoms with Crippen LogP contribution in [-0.2, 0) is 34.4 Å². The third-order valence-electron chi connectivity index (χ3n) is 5.35. The van der Waals surface area contributed by atoms with Crippen LogP contribution in [0, 0.1) is 12.8 Å². The van der Waals surface area contributed by atoms with Crippen molar-refractivity contribution in [3.05, 3.63) is 35.4 Å². The second-order valence-electron chi connectivity index (χ2n) is 10.5. The summed E-state index contributed by atoms with van der Waals surface area (Å²) in [5.74, 6) is -2.40. The standard InChI is InChI=1S/C27H42N4O8S/c1-16(2)22(31-26(37)39-27(4,5)6)24(35)28-12-21(33)29-20(23(34)30-19(13-32)25(36)38-7)15-40-14-18-10-8-17(3)9-11-18/h8-11,16,19-20,22,32H,12-15H2,1-7H3,(H,28,35)(H,29,33)(H,30,34)(H,31,37)/t19-,20-,22-/m0/s1. The van der Waals surface area contributed by atoms with Crippen LogP contribution in [0.1, 0.15) is 45.7 Å². The number of aliphatic hydroxyl groups excluding tert-OH is 1. The first-order chi connectivity index (χ1) is 18.7.